The van der Waals surface area contributed by atoms with Crippen molar-refractivity contribution in [2.75, 3.05) is 0 Å². The van der Waals surface area contributed by atoms with Gasteiger partial charge in [0.2, 0.25) is 11.1 Å². The number of Topliss-reactive ketones (excluding diaryl/α,β-unsaturated/α-hetero) is 1. The second kappa shape index (κ2) is 6.34. The lowest BCUT2D eigenvalue weighted by Crippen LogP contribution is -2.12. The molecule has 0 aromatic carbocycles. The number of hydrogen-bond donors (Lipinski definition) is 0. The Hall–Kier alpha value is -2.65. The van der Waals surface area contributed by atoms with Crippen LogP contribution >= 0.6 is 27.5 Å². The molecule has 0 amide bonds. The zero-order valence-corrected chi connectivity index (χ0v) is 14.9. The number of rotatable bonds is 4. The molecule has 0 spiro atoms. The highest BCUT2D eigenvalue weighted by molar-refractivity contribution is 9.10. The number of carbonyl (C=O) groups excluding carboxylic acids is 1. The topological polar surface area (TPSA) is 91.4 Å². The molecule has 4 aromatic rings. The van der Waals surface area contributed by atoms with Crippen LogP contribution in [-0.4, -0.2) is 40.1 Å². The maximum absolute atomic E-state index is 12.4. The summed E-state index contributed by atoms with van der Waals surface area (Å²) < 4.78 is 3.81. The van der Waals surface area contributed by atoms with E-state index >= 15 is 0 Å². The van der Waals surface area contributed by atoms with Crippen molar-refractivity contribution in [2.45, 2.75) is 6.54 Å². The Kier molecular flexibility index (Phi) is 4.02. The monoisotopic (exact) mass is 417 g/mol. The van der Waals surface area contributed by atoms with E-state index in [1.165, 1.54) is 11.0 Å². The zero-order valence-electron chi connectivity index (χ0n) is 12.5. The Morgan fingerprint density at radius 1 is 1.20 bits per heavy atom. The predicted molar refractivity (Wildman–Crippen MR) is 93.7 cm³/mol. The second-order valence-corrected chi connectivity index (χ2v) is 6.23. The van der Waals surface area contributed by atoms with Crippen LogP contribution in [0.5, 0.6) is 0 Å². The molecule has 0 radical (unpaired) electrons. The van der Waals surface area contributed by atoms with Gasteiger partial charge in [-0.15, -0.1) is 0 Å². The Balaban J connectivity index is 1.77. The molecule has 0 aliphatic carbocycles. The maximum atomic E-state index is 12.4. The molecule has 4 heterocycles. The second-order valence-electron chi connectivity index (χ2n) is 5.08. The summed E-state index contributed by atoms with van der Waals surface area (Å²) in [7, 11) is 0. The standard InChI is InChI=1S/C15H9BrClN7O/c16-11-4-6-24(22-11)14-12-13(20-15(17)21-14)23(8-19-12)7-10(25)9-3-1-2-5-18-9/h1-6,8H,7H2. The van der Waals surface area contributed by atoms with E-state index in [9.17, 15) is 4.79 Å². The van der Waals surface area contributed by atoms with Crippen molar-refractivity contribution in [2.24, 2.45) is 0 Å². The molecular formula is C15H9BrClN7O. The number of halogens is 2. The molecule has 8 nitrogen and oxygen atoms in total. The first-order valence-electron chi connectivity index (χ1n) is 7.16. The normalized spacial score (nSPS) is 11.1. The van der Waals surface area contributed by atoms with Gasteiger partial charge < -0.3 is 4.57 Å². The van der Waals surface area contributed by atoms with Gasteiger partial charge in [-0.05, 0) is 45.7 Å². The Bertz CT molecular complexity index is 1080. The minimum absolute atomic E-state index is 0.0427. The van der Waals surface area contributed by atoms with Crippen LogP contribution in [0, 0.1) is 0 Å². The summed E-state index contributed by atoms with van der Waals surface area (Å²) in [6, 6.07) is 6.95. The average Bonchev–Trinajstić information content (AvgIpc) is 3.22. The van der Waals surface area contributed by atoms with E-state index in [1.54, 1.807) is 41.2 Å². The minimum Gasteiger partial charge on any atom is -0.307 e. The van der Waals surface area contributed by atoms with Crippen molar-refractivity contribution in [3.63, 3.8) is 0 Å². The van der Waals surface area contributed by atoms with Gasteiger partial charge in [-0.1, -0.05) is 6.07 Å². The fourth-order valence-corrected chi connectivity index (χ4v) is 2.81. The summed E-state index contributed by atoms with van der Waals surface area (Å²) in [5.41, 5.74) is 1.32. The Morgan fingerprint density at radius 2 is 2.08 bits per heavy atom. The third-order valence-corrected chi connectivity index (χ3v) is 4.05. The summed E-state index contributed by atoms with van der Waals surface area (Å²) in [6.07, 6.45) is 4.82. The number of imidazole rings is 1. The van der Waals surface area contributed by atoms with Crippen LogP contribution in [0.15, 0.2) is 47.6 Å². The van der Waals surface area contributed by atoms with E-state index in [0.717, 1.165) is 0 Å². The van der Waals surface area contributed by atoms with E-state index in [4.69, 9.17) is 11.6 Å². The number of carbonyl (C=O) groups is 1. The van der Waals surface area contributed by atoms with Gasteiger partial charge in [0.15, 0.2) is 17.0 Å². The van der Waals surface area contributed by atoms with Gasteiger partial charge in [0, 0.05) is 12.4 Å². The highest BCUT2D eigenvalue weighted by Crippen LogP contribution is 2.21. The van der Waals surface area contributed by atoms with Crippen molar-refractivity contribution in [3.05, 3.63) is 58.6 Å². The summed E-state index contributed by atoms with van der Waals surface area (Å²) in [5, 5.41) is 4.29. The molecule has 4 rings (SSSR count). The molecule has 10 heteroatoms. The van der Waals surface area contributed by atoms with Gasteiger partial charge in [0.05, 0.1) is 12.9 Å². The van der Waals surface area contributed by atoms with Gasteiger partial charge in [-0.2, -0.15) is 15.1 Å². The first kappa shape index (κ1) is 15.9. The summed E-state index contributed by atoms with van der Waals surface area (Å²) in [6.45, 7) is 0.0447. The molecule has 0 aliphatic heterocycles. The summed E-state index contributed by atoms with van der Waals surface area (Å²) >= 11 is 9.34. The minimum atomic E-state index is -0.155. The van der Waals surface area contributed by atoms with E-state index in [1.807, 2.05) is 0 Å². The molecule has 0 aliphatic rings. The van der Waals surface area contributed by atoms with Crippen molar-refractivity contribution in [1.82, 2.24) is 34.3 Å². The fraction of sp³-hybridized carbons (Fsp3) is 0.0667. The van der Waals surface area contributed by atoms with Gasteiger partial charge in [0.1, 0.15) is 10.3 Å². The molecular weight excluding hydrogens is 410 g/mol. The van der Waals surface area contributed by atoms with E-state index < -0.39 is 0 Å². The first-order valence-corrected chi connectivity index (χ1v) is 8.33. The Morgan fingerprint density at radius 3 is 2.80 bits per heavy atom. The highest BCUT2D eigenvalue weighted by atomic mass is 79.9. The number of ketones is 1. The maximum Gasteiger partial charge on any atom is 0.226 e. The van der Waals surface area contributed by atoms with Crippen molar-refractivity contribution in [1.29, 1.82) is 0 Å². The molecule has 0 bridgehead atoms. The van der Waals surface area contributed by atoms with Gasteiger partial charge in [-0.25, -0.2) is 9.67 Å². The number of aromatic nitrogens is 7. The fourth-order valence-electron chi connectivity index (χ4n) is 2.36. The molecule has 0 unspecified atom stereocenters. The van der Waals surface area contributed by atoms with Crippen LogP contribution in [0.2, 0.25) is 5.28 Å². The van der Waals surface area contributed by atoms with Gasteiger partial charge >= 0.3 is 0 Å². The third-order valence-electron chi connectivity index (χ3n) is 3.46. The van der Waals surface area contributed by atoms with Crippen LogP contribution in [0.25, 0.3) is 17.0 Å². The van der Waals surface area contributed by atoms with Crippen LogP contribution < -0.4 is 0 Å². The highest BCUT2D eigenvalue weighted by Gasteiger charge is 2.17. The van der Waals surface area contributed by atoms with E-state index in [0.29, 0.717) is 27.3 Å². The Labute approximate surface area is 154 Å². The van der Waals surface area contributed by atoms with Crippen LogP contribution in [-0.2, 0) is 6.54 Å². The third kappa shape index (κ3) is 3.03. The average molecular weight is 419 g/mol. The van der Waals surface area contributed by atoms with Crippen LogP contribution in [0.4, 0.5) is 0 Å². The number of nitrogens with zero attached hydrogens (tertiary/aromatic N) is 7. The number of hydrogen-bond acceptors (Lipinski definition) is 6. The molecule has 4 aromatic heterocycles. The first-order chi connectivity index (χ1) is 12.1. The van der Waals surface area contributed by atoms with E-state index in [-0.39, 0.29) is 17.6 Å². The predicted octanol–water partition coefficient (Wildman–Crippen LogP) is 2.71. The molecule has 0 N–H and O–H groups in total. The van der Waals surface area contributed by atoms with Gasteiger partial charge in [0.25, 0.3) is 0 Å². The molecule has 0 saturated carbocycles. The molecule has 0 fully saturated rings. The van der Waals surface area contributed by atoms with Crippen molar-refractivity contribution >= 4 is 44.5 Å². The van der Waals surface area contributed by atoms with Crippen LogP contribution in [0.1, 0.15) is 10.5 Å². The smallest absolute Gasteiger partial charge is 0.226 e. The van der Waals surface area contributed by atoms with Crippen LogP contribution in [0.3, 0.4) is 0 Å². The lowest BCUT2D eigenvalue weighted by atomic mass is 10.2. The van der Waals surface area contributed by atoms with E-state index in [2.05, 4.69) is 41.0 Å². The quantitative estimate of drug-likeness (QED) is 0.374. The SMILES string of the molecule is O=C(Cn1cnc2c(-n3ccc(Br)n3)nc(Cl)nc21)c1ccccn1. The van der Waals surface area contributed by atoms with Crippen molar-refractivity contribution < 1.29 is 4.79 Å². The largest absolute Gasteiger partial charge is 0.307 e. The lowest BCUT2D eigenvalue weighted by molar-refractivity contribution is 0.0968. The summed E-state index contributed by atoms with van der Waals surface area (Å²) in [4.78, 5) is 29.2. The summed E-state index contributed by atoms with van der Waals surface area (Å²) in [5.74, 6) is 0.280. The number of fused-ring (bicyclic) bond motifs is 1. The molecule has 124 valence electrons. The lowest BCUT2D eigenvalue weighted by Gasteiger charge is -2.05. The van der Waals surface area contributed by atoms with Crippen molar-refractivity contribution in [3.8, 4) is 5.82 Å². The van der Waals surface area contributed by atoms with Gasteiger partial charge in [-0.3, -0.25) is 9.78 Å². The molecule has 0 atom stereocenters. The molecule has 0 saturated heterocycles. The zero-order chi connectivity index (χ0) is 17.4. The number of pyridine rings is 1. The molecule has 25 heavy (non-hydrogen) atoms.